The molecule has 118 valence electrons. The number of hydrogen-bond acceptors (Lipinski definition) is 3. The van der Waals surface area contributed by atoms with Crippen LogP contribution >= 0.6 is 0 Å². The fourth-order valence-electron chi connectivity index (χ4n) is 2.13. The highest BCUT2D eigenvalue weighted by molar-refractivity contribution is 5.99. The third-order valence-corrected chi connectivity index (χ3v) is 3.23. The number of aromatic nitrogens is 1. The summed E-state index contributed by atoms with van der Waals surface area (Å²) in [4.78, 5) is 28.2. The van der Waals surface area contributed by atoms with E-state index in [-0.39, 0.29) is 24.2 Å². The molecule has 0 fully saturated rings. The molecule has 0 bridgehead atoms. The van der Waals surface area contributed by atoms with Gasteiger partial charge in [-0.3, -0.25) is 14.7 Å². The lowest BCUT2D eigenvalue weighted by Crippen LogP contribution is -2.30. The van der Waals surface area contributed by atoms with Gasteiger partial charge in [0, 0.05) is 25.4 Å². The fourth-order valence-corrected chi connectivity index (χ4v) is 2.13. The lowest BCUT2D eigenvalue weighted by atomic mass is 10.0. The second-order valence-electron chi connectivity index (χ2n) is 4.78. The molecule has 23 heavy (non-hydrogen) atoms. The van der Waals surface area contributed by atoms with Crippen LogP contribution in [0.3, 0.4) is 0 Å². The summed E-state index contributed by atoms with van der Waals surface area (Å²) in [6.45, 7) is 3.38. The van der Waals surface area contributed by atoms with E-state index >= 15 is 0 Å². The maximum Gasteiger partial charge on any atom is 0.412 e. The number of amides is 1. The molecule has 0 saturated carbocycles. The van der Waals surface area contributed by atoms with E-state index in [0.29, 0.717) is 5.56 Å². The molecule has 0 saturated heterocycles. The van der Waals surface area contributed by atoms with Crippen LogP contribution in [0.5, 0.6) is 0 Å². The fraction of sp³-hybridized carbons (Fsp3) is 0.118. The number of carbonyl (C=O) groups is 2. The number of pyridine rings is 1. The first-order valence-electron chi connectivity index (χ1n) is 6.86. The number of nitrogens with zero attached hydrogens (tertiary/aromatic N) is 2. The molecule has 0 radical (unpaired) electrons. The molecule has 2 aromatic rings. The molecule has 0 unspecified atom stereocenters. The molecule has 1 N–H and O–H groups in total. The monoisotopic (exact) mass is 314 g/mol. The van der Waals surface area contributed by atoms with E-state index < -0.39 is 17.7 Å². The minimum atomic E-state index is -1.32. The first kappa shape index (κ1) is 16.4. The molecular weight excluding hydrogens is 299 g/mol. The van der Waals surface area contributed by atoms with Gasteiger partial charge in [0.25, 0.3) is 0 Å². The molecule has 5 nitrogen and oxygen atoms in total. The SMILES string of the molecule is C=CCN(C(=O)O)c1cccc(C(=O)Cc2ccncc2)c1F. The van der Waals surface area contributed by atoms with Crippen molar-refractivity contribution < 1.29 is 19.1 Å². The van der Waals surface area contributed by atoms with Gasteiger partial charge in [0.05, 0.1) is 11.3 Å². The predicted molar refractivity (Wildman–Crippen MR) is 84.2 cm³/mol. The minimum absolute atomic E-state index is 0.0113. The standard InChI is InChI=1S/C17H15FN2O3/c1-2-10-20(17(22)23)14-5-3-4-13(16(14)18)15(21)11-12-6-8-19-9-7-12/h2-9H,1,10-11H2,(H,22,23). The Morgan fingerprint density at radius 3 is 2.57 bits per heavy atom. The number of hydrogen-bond donors (Lipinski definition) is 1. The first-order chi connectivity index (χ1) is 11.0. The summed E-state index contributed by atoms with van der Waals surface area (Å²) in [5, 5.41) is 9.17. The van der Waals surface area contributed by atoms with Crippen molar-refractivity contribution in [2.75, 3.05) is 11.4 Å². The number of carbonyl (C=O) groups excluding carboxylic acids is 1. The van der Waals surface area contributed by atoms with Crippen molar-refractivity contribution in [2.24, 2.45) is 0 Å². The molecule has 2 rings (SSSR count). The van der Waals surface area contributed by atoms with E-state index in [4.69, 9.17) is 5.11 Å². The maximum atomic E-state index is 14.6. The van der Waals surface area contributed by atoms with Gasteiger partial charge in [-0.1, -0.05) is 12.1 Å². The van der Waals surface area contributed by atoms with Gasteiger partial charge < -0.3 is 5.11 Å². The molecule has 1 aromatic carbocycles. The van der Waals surface area contributed by atoms with Crippen molar-refractivity contribution in [3.8, 4) is 0 Å². The normalized spacial score (nSPS) is 10.1. The summed E-state index contributed by atoms with van der Waals surface area (Å²) in [5.41, 5.74) is 0.392. The van der Waals surface area contributed by atoms with Crippen LogP contribution < -0.4 is 4.90 Å². The second kappa shape index (κ2) is 7.31. The third-order valence-electron chi connectivity index (χ3n) is 3.23. The van der Waals surface area contributed by atoms with Crippen molar-refractivity contribution in [1.29, 1.82) is 0 Å². The Kier molecular flexibility index (Phi) is 5.19. The van der Waals surface area contributed by atoms with Gasteiger partial charge in [-0.25, -0.2) is 9.18 Å². The number of carboxylic acid groups (broad SMARTS) is 1. The van der Waals surface area contributed by atoms with Crippen LogP contribution in [-0.2, 0) is 6.42 Å². The Morgan fingerprint density at radius 1 is 1.26 bits per heavy atom. The summed E-state index contributed by atoms with van der Waals surface area (Å²) in [6, 6.07) is 7.45. The average Bonchev–Trinajstić information content (AvgIpc) is 2.54. The topological polar surface area (TPSA) is 70.5 Å². The summed E-state index contributed by atoms with van der Waals surface area (Å²) in [5.74, 6) is -1.28. The zero-order chi connectivity index (χ0) is 16.8. The summed E-state index contributed by atoms with van der Waals surface area (Å²) in [6.07, 6.45) is 3.14. The summed E-state index contributed by atoms with van der Waals surface area (Å²) < 4.78 is 14.6. The molecule has 1 amide bonds. The summed E-state index contributed by atoms with van der Waals surface area (Å²) >= 11 is 0. The van der Waals surface area contributed by atoms with E-state index in [1.54, 1.807) is 24.5 Å². The lowest BCUT2D eigenvalue weighted by Gasteiger charge is -2.19. The number of benzene rings is 1. The quantitative estimate of drug-likeness (QED) is 0.656. The highest BCUT2D eigenvalue weighted by Gasteiger charge is 2.21. The van der Waals surface area contributed by atoms with Crippen molar-refractivity contribution in [1.82, 2.24) is 4.98 Å². The molecule has 6 heteroatoms. The zero-order valence-electron chi connectivity index (χ0n) is 12.3. The molecule has 1 heterocycles. The zero-order valence-corrected chi connectivity index (χ0v) is 12.3. The van der Waals surface area contributed by atoms with Crippen molar-refractivity contribution >= 4 is 17.6 Å². The van der Waals surface area contributed by atoms with Crippen LogP contribution in [0.25, 0.3) is 0 Å². The number of ketones is 1. The Bertz CT molecular complexity index is 732. The molecule has 0 atom stereocenters. The number of halogens is 1. The highest BCUT2D eigenvalue weighted by atomic mass is 19.1. The lowest BCUT2D eigenvalue weighted by molar-refractivity contribution is 0.0989. The molecule has 0 aliphatic rings. The van der Waals surface area contributed by atoms with Crippen molar-refractivity contribution in [3.63, 3.8) is 0 Å². The van der Waals surface area contributed by atoms with Gasteiger partial charge in [-0.2, -0.15) is 0 Å². The Balaban J connectivity index is 2.33. The molecular formula is C17H15FN2O3. The van der Waals surface area contributed by atoms with E-state index in [1.807, 2.05) is 0 Å². The minimum Gasteiger partial charge on any atom is -0.465 e. The van der Waals surface area contributed by atoms with Crippen LogP contribution in [0.15, 0.2) is 55.4 Å². The van der Waals surface area contributed by atoms with E-state index in [1.165, 1.54) is 24.3 Å². The van der Waals surface area contributed by atoms with E-state index in [9.17, 15) is 14.0 Å². The average molecular weight is 314 g/mol. The van der Waals surface area contributed by atoms with Crippen molar-refractivity contribution in [3.05, 3.63) is 72.3 Å². The maximum absolute atomic E-state index is 14.6. The van der Waals surface area contributed by atoms with Gasteiger partial charge in [-0.05, 0) is 29.8 Å². The molecule has 1 aromatic heterocycles. The van der Waals surface area contributed by atoms with Crippen LogP contribution in [-0.4, -0.2) is 28.5 Å². The Morgan fingerprint density at radius 2 is 1.96 bits per heavy atom. The smallest absolute Gasteiger partial charge is 0.412 e. The van der Waals surface area contributed by atoms with Gasteiger partial charge in [0.15, 0.2) is 11.6 Å². The second-order valence-corrected chi connectivity index (χ2v) is 4.78. The van der Waals surface area contributed by atoms with Crippen molar-refractivity contribution in [2.45, 2.75) is 6.42 Å². The van der Waals surface area contributed by atoms with E-state index in [2.05, 4.69) is 11.6 Å². The van der Waals surface area contributed by atoms with Crippen LogP contribution in [0, 0.1) is 5.82 Å². The number of rotatable bonds is 6. The highest BCUT2D eigenvalue weighted by Crippen LogP contribution is 2.23. The Hall–Kier alpha value is -3.02. The predicted octanol–water partition coefficient (Wildman–Crippen LogP) is 3.32. The van der Waals surface area contributed by atoms with Gasteiger partial charge in [0.2, 0.25) is 0 Å². The number of anilines is 1. The van der Waals surface area contributed by atoms with Crippen LogP contribution in [0.2, 0.25) is 0 Å². The summed E-state index contributed by atoms with van der Waals surface area (Å²) in [7, 11) is 0. The van der Waals surface area contributed by atoms with E-state index in [0.717, 1.165) is 4.90 Å². The molecule has 0 spiro atoms. The first-order valence-corrected chi connectivity index (χ1v) is 6.86. The third kappa shape index (κ3) is 3.79. The van der Waals surface area contributed by atoms with Crippen LogP contribution in [0.1, 0.15) is 15.9 Å². The molecule has 0 aliphatic heterocycles. The van der Waals surface area contributed by atoms with Gasteiger partial charge in [-0.15, -0.1) is 6.58 Å². The Labute approximate surface area is 132 Å². The van der Waals surface area contributed by atoms with Crippen LogP contribution in [0.4, 0.5) is 14.9 Å². The molecule has 0 aliphatic carbocycles. The van der Waals surface area contributed by atoms with Gasteiger partial charge in [0.1, 0.15) is 0 Å². The largest absolute Gasteiger partial charge is 0.465 e. The van der Waals surface area contributed by atoms with Gasteiger partial charge >= 0.3 is 6.09 Å². The number of Topliss-reactive ketones (excluding diaryl/α,β-unsaturated/α-hetero) is 1.